The number of carbonyl (C=O) groups excluding carboxylic acids is 1. The summed E-state index contributed by atoms with van der Waals surface area (Å²) in [6.45, 7) is 3.28. The number of carbonyl (C=O) groups is 1. The molecular formula is C13H16Cl2N2O2. The zero-order valence-corrected chi connectivity index (χ0v) is 12.2. The van der Waals surface area contributed by atoms with Gasteiger partial charge in [0, 0.05) is 31.2 Å². The fourth-order valence-electron chi connectivity index (χ4n) is 1.88. The summed E-state index contributed by atoms with van der Waals surface area (Å²) in [4.78, 5) is 16.0. The van der Waals surface area contributed by atoms with Crippen molar-refractivity contribution in [2.75, 3.05) is 39.8 Å². The number of benzene rings is 1. The molecule has 1 amide bonds. The Kier molecular flexibility index (Phi) is 4.91. The van der Waals surface area contributed by atoms with Gasteiger partial charge in [-0.25, -0.2) is 0 Å². The number of hydrogen-bond acceptors (Lipinski definition) is 3. The maximum absolute atomic E-state index is 12.0. The normalized spacial score (nSPS) is 16.5. The van der Waals surface area contributed by atoms with Crippen molar-refractivity contribution in [3.05, 3.63) is 28.2 Å². The third-order valence-electron chi connectivity index (χ3n) is 3.10. The van der Waals surface area contributed by atoms with Crippen LogP contribution >= 0.6 is 23.2 Å². The predicted octanol–water partition coefficient (Wildman–Crippen LogP) is 2.15. The molecule has 1 aromatic rings. The minimum atomic E-state index is -0.0147. The molecule has 104 valence electrons. The second-order valence-corrected chi connectivity index (χ2v) is 5.39. The third-order valence-corrected chi connectivity index (χ3v) is 3.63. The van der Waals surface area contributed by atoms with Gasteiger partial charge < -0.3 is 14.5 Å². The second-order valence-electron chi connectivity index (χ2n) is 4.55. The lowest BCUT2D eigenvalue weighted by Crippen LogP contribution is -2.48. The van der Waals surface area contributed by atoms with E-state index in [0.29, 0.717) is 15.8 Å². The van der Waals surface area contributed by atoms with Crippen LogP contribution < -0.4 is 4.74 Å². The van der Waals surface area contributed by atoms with Crippen molar-refractivity contribution in [3.8, 4) is 5.75 Å². The highest BCUT2D eigenvalue weighted by Crippen LogP contribution is 2.27. The Morgan fingerprint density at radius 3 is 2.58 bits per heavy atom. The zero-order chi connectivity index (χ0) is 13.8. The monoisotopic (exact) mass is 302 g/mol. The van der Waals surface area contributed by atoms with Gasteiger partial charge in [0.25, 0.3) is 5.91 Å². The van der Waals surface area contributed by atoms with Crippen molar-refractivity contribution in [1.29, 1.82) is 0 Å². The number of ether oxygens (including phenoxy) is 1. The van der Waals surface area contributed by atoms with E-state index >= 15 is 0 Å². The van der Waals surface area contributed by atoms with Crippen LogP contribution in [0.4, 0.5) is 0 Å². The van der Waals surface area contributed by atoms with E-state index in [9.17, 15) is 4.79 Å². The largest absolute Gasteiger partial charge is 0.482 e. The predicted molar refractivity (Wildman–Crippen MR) is 76.0 cm³/mol. The van der Waals surface area contributed by atoms with Crippen molar-refractivity contribution in [3.63, 3.8) is 0 Å². The Morgan fingerprint density at radius 1 is 1.26 bits per heavy atom. The lowest BCUT2D eigenvalue weighted by Gasteiger charge is -2.32. The summed E-state index contributed by atoms with van der Waals surface area (Å²) < 4.78 is 5.44. The molecular weight excluding hydrogens is 287 g/mol. The maximum atomic E-state index is 12.0. The van der Waals surface area contributed by atoms with E-state index in [1.54, 1.807) is 18.2 Å². The van der Waals surface area contributed by atoms with Crippen molar-refractivity contribution in [2.45, 2.75) is 0 Å². The fourth-order valence-corrected chi connectivity index (χ4v) is 2.34. The Labute approximate surface area is 122 Å². The van der Waals surface area contributed by atoms with Crippen molar-refractivity contribution >= 4 is 29.1 Å². The van der Waals surface area contributed by atoms with Crippen LogP contribution in [0.5, 0.6) is 5.75 Å². The first-order chi connectivity index (χ1) is 9.06. The van der Waals surface area contributed by atoms with E-state index in [4.69, 9.17) is 27.9 Å². The first-order valence-electron chi connectivity index (χ1n) is 6.10. The Morgan fingerprint density at radius 2 is 1.95 bits per heavy atom. The summed E-state index contributed by atoms with van der Waals surface area (Å²) in [7, 11) is 2.05. The van der Waals surface area contributed by atoms with Crippen LogP contribution in [0.3, 0.4) is 0 Å². The molecule has 1 fully saturated rings. The molecule has 0 saturated carbocycles. The van der Waals surface area contributed by atoms with Gasteiger partial charge in [-0.3, -0.25) is 4.79 Å². The quantitative estimate of drug-likeness (QED) is 0.858. The standard InChI is InChI=1S/C13H16Cl2N2O2/c1-16-4-6-17(7-5-16)13(18)9-19-12-3-2-10(14)8-11(12)15/h2-3,8H,4-7,9H2,1H3. The van der Waals surface area contributed by atoms with Gasteiger partial charge in [0.2, 0.25) is 0 Å². The van der Waals surface area contributed by atoms with Crippen LogP contribution in [0.15, 0.2) is 18.2 Å². The van der Waals surface area contributed by atoms with Crippen LogP contribution in [-0.2, 0) is 4.79 Å². The van der Waals surface area contributed by atoms with Crippen molar-refractivity contribution in [2.24, 2.45) is 0 Å². The average Bonchev–Trinajstić information content (AvgIpc) is 2.38. The topological polar surface area (TPSA) is 32.8 Å². The average molecular weight is 303 g/mol. The first-order valence-corrected chi connectivity index (χ1v) is 6.86. The molecule has 0 bridgehead atoms. The van der Waals surface area contributed by atoms with Crippen LogP contribution in [0.1, 0.15) is 0 Å². The number of nitrogens with zero attached hydrogens (tertiary/aromatic N) is 2. The summed E-state index contributed by atoms with van der Waals surface area (Å²) in [5.41, 5.74) is 0. The molecule has 0 spiro atoms. The number of likely N-dealkylation sites (N-methyl/N-ethyl adjacent to an activating group) is 1. The first kappa shape index (κ1) is 14.4. The third kappa shape index (κ3) is 4.00. The summed E-state index contributed by atoms with van der Waals surface area (Å²) >= 11 is 11.8. The number of hydrogen-bond donors (Lipinski definition) is 0. The van der Waals surface area contributed by atoms with Gasteiger partial charge in [0.1, 0.15) is 5.75 Å². The number of rotatable bonds is 3. The van der Waals surface area contributed by atoms with E-state index < -0.39 is 0 Å². The highest BCUT2D eigenvalue weighted by molar-refractivity contribution is 6.35. The molecule has 1 saturated heterocycles. The molecule has 0 atom stereocenters. The van der Waals surface area contributed by atoms with Crippen LogP contribution in [0, 0.1) is 0 Å². The van der Waals surface area contributed by atoms with E-state index in [-0.39, 0.29) is 12.5 Å². The van der Waals surface area contributed by atoms with Gasteiger partial charge in [0.15, 0.2) is 6.61 Å². The minimum absolute atomic E-state index is 0.00503. The molecule has 0 radical (unpaired) electrons. The molecule has 4 nitrogen and oxygen atoms in total. The van der Waals surface area contributed by atoms with Gasteiger partial charge in [-0.1, -0.05) is 23.2 Å². The molecule has 0 unspecified atom stereocenters. The lowest BCUT2D eigenvalue weighted by atomic mass is 10.3. The molecule has 1 aliphatic rings. The lowest BCUT2D eigenvalue weighted by molar-refractivity contribution is -0.134. The van der Waals surface area contributed by atoms with E-state index in [1.807, 2.05) is 11.9 Å². The molecule has 1 heterocycles. The Hall–Kier alpha value is -0.970. The SMILES string of the molecule is CN1CCN(C(=O)COc2ccc(Cl)cc2Cl)CC1. The summed E-state index contributed by atoms with van der Waals surface area (Å²) in [6.07, 6.45) is 0. The zero-order valence-electron chi connectivity index (χ0n) is 10.7. The molecule has 0 aromatic heterocycles. The van der Waals surface area contributed by atoms with Gasteiger partial charge in [-0.15, -0.1) is 0 Å². The summed E-state index contributed by atoms with van der Waals surface area (Å²) in [5, 5.41) is 0.960. The molecule has 19 heavy (non-hydrogen) atoms. The molecule has 0 aliphatic carbocycles. The maximum Gasteiger partial charge on any atom is 0.260 e. The number of amides is 1. The van der Waals surface area contributed by atoms with Gasteiger partial charge in [-0.05, 0) is 25.2 Å². The number of piperazine rings is 1. The minimum Gasteiger partial charge on any atom is -0.482 e. The van der Waals surface area contributed by atoms with Crippen molar-refractivity contribution in [1.82, 2.24) is 9.80 Å². The number of halogens is 2. The van der Waals surface area contributed by atoms with E-state index in [1.165, 1.54) is 0 Å². The molecule has 0 N–H and O–H groups in total. The van der Waals surface area contributed by atoms with Crippen LogP contribution in [0.2, 0.25) is 10.0 Å². The highest BCUT2D eigenvalue weighted by atomic mass is 35.5. The molecule has 6 heteroatoms. The summed E-state index contributed by atoms with van der Waals surface area (Å²) in [6, 6.07) is 4.95. The van der Waals surface area contributed by atoms with Gasteiger partial charge >= 0.3 is 0 Å². The second kappa shape index (κ2) is 6.46. The fraction of sp³-hybridized carbons (Fsp3) is 0.462. The van der Waals surface area contributed by atoms with Crippen LogP contribution in [0.25, 0.3) is 0 Å². The van der Waals surface area contributed by atoms with Gasteiger partial charge in [0.05, 0.1) is 5.02 Å². The molecule has 1 aliphatic heterocycles. The van der Waals surface area contributed by atoms with Gasteiger partial charge in [-0.2, -0.15) is 0 Å². The highest BCUT2D eigenvalue weighted by Gasteiger charge is 2.19. The van der Waals surface area contributed by atoms with E-state index in [2.05, 4.69) is 4.90 Å². The molecule has 2 rings (SSSR count). The van der Waals surface area contributed by atoms with E-state index in [0.717, 1.165) is 26.2 Å². The smallest absolute Gasteiger partial charge is 0.260 e. The Balaban J connectivity index is 1.86. The molecule has 1 aromatic carbocycles. The Bertz CT molecular complexity index is 460. The summed E-state index contributed by atoms with van der Waals surface area (Å²) in [5.74, 6) is 0.465. The van der Waals surface area contributed by atoms with Crippen molar-refractivity contribution < 1.29 is 9.53 Å². The van der Waals surface area contributed by atoms with Crippen LogP contribution in [-0.4, -0.2) is 55.5 Å².